The van der Waals surface area contributed by atoms with Gasteiger partial charge in [0.25, 0.3) is 5.91 Å². The monoisotopic (exact) mass is 384 g/mol. The Morgan fingerprint density at radius 2 is 2.14 bits per heavy atom. The summed E-state index contributed by atoms with van der Waals surface area (Å²) in [5.74, 6) is 0.144. The van der Waals surface area contributed by atoms with Crippen LogP contribution in [0.25, 0.3) is 0 Å². The van der Waals surface area contributed by atoms with Crippen molar-refractivity contribution in [3.63, 3.8) is 0 Å². The molecule has 10 nitrogen and oxygen atoms in total. The lowest BCUT2D eigenvalue weighted by molar-refractivity contribution is -0.127. The number of rotatable bonds is 8. The van der Waals surface area contributed by atoms with Crippen molar-refractivity contribution in [1.29, 1.82) is 5.26 Å². The number of ether oxygens (including phenoxy) is 2. The van der Waals surface area contributed by atoms with E-state index in [0.717, 1.165) is 4.90 Å². The molecule has 10 heteroatoms. The fraction of sp³-hybridized carbons (Fsp3) is 0.389. The van der Waals surface area contributed by atoms with Gasteiger partial charge in [-0.2, -0.15) is 5.26 Å². The summed E-state index contributed by atoms with van der Waals surface area (Å²) in [6, 6.07) is 5.69. The molecule has 0 spiro atoms. The van der Waals surface area contributed by atoms with E-state index in [1.807, 2.05) is 6.07 Å². The van der Waals surface area contributed by atoms with Crippen LogP contribution in [-0.4, -0.2) is 58.7 Å². The van der Waals surface area contributed by atoms with Gasteiger partial charge in [0.15, 0.2) is 0 Å². The molecule has 0 unspecified atom stereocenters. The number of amides is 3. The quantitative estimate of drug-likeness (QED) is 0.656. The van der Waals surface area contributed by atoms with Gasteiger partial charge in [0.05, 0.1) is 44.1 Å². The summed E-state index contributed by atoms with van der Waals surface area (Å²) in [6.45, 7) is 1.06. The molecule has 3 amide bonds. The Morgan fingerprint density at radius 3 is 2.86 bits per heavy atom. The average molecular weight is 384 g/mol. The number of carbonyl (C=O) groups is 2. The van der Waals surface area contributed by atoms with Crippen molar-refractivity contribution in [2.45, 2.75) is 25.6 Å². The number of nitrogens with zero attached hydrogens (tertiary/aromatic N) is 5. The second kappa shape index (κ2) is 8.49. The van der Waals surface area contributed by atoms with Gasteiger partial charge >= 0.3 is 6.03 Å². The van der Waals surface area contributed by atoms with Crippen LogP contribution in [0.3, 0.4) is 0 Å². The van der Waals surface area contributed by atoms with Crippen LogP contribution in [0.2, 0.25) is 0 Å². The molecular formula is C18H20N6O4. The average Bonchev–Trinajstić information content (AvgIpc) is 3.26. The Hall–Kier alpha value is -3.45. The summed E-state index contributed by atoms with van der Waals surface area (Å²) >= 11 is 0. The molecule has 0 bridgehead atoms. The fourth-order valence-electron chi connectivity index (χ4n) is 2.94. The van der Waals surface area contributed by atoms with Crippen molar-refractivity contribution >= 4 is 11.9 Å². The predicted molar refractivity (Wildman–Crippen MR) is 96.2 cm³/mol. The summed E-state index contributed by atoms with van der Waals surface area (Å²) in [5, 5.41) is 19.8. The minimum Gasteiger partial charge on any atom is -0.496 e. The van der Waals surface area contributed by atoms with Crippen LogP contribution in [0.5, 0.6) is 5.75 Å². The van der Waals surface area contributed by atoms with Crippen LogP contribution < -0.4 is 10.1 Å². The van der Waals surface area contributed by atoms with Crippen LogP contribution in [0.15, 0.2) is 24.4 Å². The van der Waals surface area contributed by atoms with Crippen molar-refractivity contribution in [1.82, 2.24) is 25.2 Å². The molecule has 1 aromatic heterocycles. The molecule has 2 heterocycles. The van der Waals surface area contributed by atoms with Gasteiger partial charge in [-0.05, 0) is 18.2 Å². The van der Waals surface area contributed by atoms with Gasteiger partial charge in [-0.25, -0.2) is 9.48 Å². The molecule has 146 valence electrons. The zero-order valence-electron chi connectivity index (χ0n) is 15.6. The smallest absolute Gasteiger partial charge is 0.325 e. The fourth-order valence-corrected chi connectivity index (χ4v) is 2.94. The second-order valence-corrected chi connectivity index (χ2v) is 6.23. The molecule has 1 fully saturated rings. The van der Waals surface area contributed by atoms with Crippen LogP contribution in [0, 0.1) is 11.3 Å². The maximum Gasteiger partial charge on any atom is 0.325 e. The third-order valence-electron chi connectivity index (χ3n) is 4.37. The summed E-state index contributed by atoms with van der Waals surface area (Å²) in [4.78, 5) is 26.2. The van der Waals surface area contributed by atoms with Crippen molar-refractivity contribution in [2.75, 3.05) is 20.8 Å². The molecule has 1 saturated heterocycles. The van der Waals surface area contributed by atoms with Gasteiger partial charge in [-0.15, -0.1) is 5.10 Å². The number of hydrogen-bond donors (Lipinski definition) is 1. The van der Waals surface area contributed by atoms with E-state index in [0.29, 0.717) is 35.7 Å². The third-order valence-corrected chi connectivity index (χ3v) is 4.37. The van der Waals surface area contributed by atoms with E-state index in [1.165, 1.54) is 7.11 Å². The lowest BCUT2D eigenvalue weighted by Gasteiger charge is -2.15. The molecule has 0 saturated carbocycles. The molecule has 1 atom stereocenters. The summed E-state index contributed by atoms with van der Waals surface area (Å²) in [7, 11) is 3.09. The van der Waals surface area contributed by atoms with Gasteiger partial charge < -0.3 is 14.8 Å². The highest BCUT2D eigenvalue weighted by atomic mass is 16.5. The first-order chi connectivity index (χ1) is 13.5. The SMILES string of the molecule is COCCn1cc(C[C@H]2NC(=O)N(Cc3cc(C#N)ccc3OC)C2=O)nn1. The topological polar surface area (TPSA) is 122 Å². The molecule has 3 rings (SSSR count). The number of imide groups is 1. The largest absolute Gasteiger partial charge is 0.496 e. The number of urea groups is 1. The van der Waals surface area contributed by atoms with E-state index in [9.17, 15) is 9.59 Å². The number of hydrogen-bond acceptors (Lipinski definition) is 7. The number of methoxy groups -OCH3 is 2. The van der Waals surface area contributed by atoms with Gasteiger partial charge in [0.2, 0.25) is 0 Å². The van der Waals surface area contributed by atoms with Gasteiger partial charge in [-0.3, -0.25) is 9.69 Å². The van der Waals surface area contributed by atoms with Gasteiger partial charge in [0.1, 0.15) is 11.8 Å². The lowest BCUT2D eigenvalue weighted by atomic mass is 10.1. The summed E-state index contributed by atoms with van der Waals surface area (Å²) in [6.07, 6.45) is 1.96. The Bertz CT molecular complexity index is 919. The minimum atomic E-state index is -0.717. The van der Waals surface area contributed by atoms with Crippen molar-refractivity contribution in [3.05, 3.63) is 41.2 Å². The molecule has 2 aromatic rings. The Morgan fingerprint density at radius 1 is 1.32 bits per heavy atom. The highest BCUT2D eigenvalue weighted by molar-refractivity contribution is 6.04. The van der Waals surface area contributed by atoms with Crippen LogP contribution >= 0.6 is 0 Å². The van der Waals surface area contributed by atoms with E-state index < -0.39 is 12.1 Å². The molecule has 1 N–H and O–H groups in total. The van der Waals surface area contributed by atoms with E-state index in [2.05, 4.69) is 15.6 Å². The normalized spacial score (nSPS) is 16.2. The first-order valence-corrected chi connectivity index (χ1v) is 8.62. The third kappa shape index (κ3) is 4.10. The van der Waals surface area contributed by atoms with E-state index in [-0.39, 0.29) is 18.9 Å². The maximum atomic E-state index is 12.7. The van der Waals surface area contributed by atoms with Crippen LogP contribution in [-0.2, 0) is 29.0 Å². The zero-order chi connectivity index (χ0) is 20.1. The summed E-state index contributed by atoms with van der Waals surface area (Å²) in [5.41, 5.74) is 1.60. The Kier molecular flexibility index (Phi) is 5.86. The van der Waals surface area contributed by atoms with Crippen LogP contribution in [0.4, 0.5) is 4.79 Å². The number of nitriles is 1. The molecule has 1 aliphatic heterocycles. The number of benzene rings is 1. The summed E-state index contributed by atoms with van der Waals surface area (Å²) < 4.78 is 11.9. The van der Waals surface area contributed by atoms with E-state index in [1.54, 1.807) is 36.2 Å². The number of aromatic nitrogens is 3. The minimum absolute atomic E-state index is 0.0143. The molecule has 28 heavy (non-hydrogen) atoms. The standard InChI is InChI=1S/C18H20N6O4/c1-27-6-5-23-11-14(21-22-23)8-15-17(25)24(18(26)20-15)10-13-7-12(9-19)3-4-16(13)28-2/h3-4,7,11,15H,5-6,8,10H2,1-2H3,(H,20,26)/t15-/m1/s1. The van der Waals surface area contributed by atoms with E-state index >= 15 is 0 Å². The molecule has 0 radical (unpaired) electrons. The molecule has 1 aliphatic rings. The van der Waals surface area contributed by atoms with Crippen LogP contribution in [0.1, 0.15) is 16.8 Å². The number of carbonyl (C=O) groups excluding carboxylic acids is 2. The van der Waals surface area contributed by atoms with Gasteiger partial charge in [-0.1, -0.05) is 5.21 Å². The zero-order valence-corrected chi connectivity index (χ0v) is 15.6. The Balaban J connectivity index is 1.70. The molecule has 1 aromatic carbocycles. The Labute approximate surface area is 161 Å². The van der Waals surface area contributed by atoms with E-state index in [4.69, 9.17) is 14.7 Å². The highest BCUT2D eigenvalue weighted by Crippen LogP contribution is 2.23. The van der Waals surface area contributed by atoms with Crippen molar-refractivity contribution < 1.29 is 19.1 Å². The first kappa shape index (κ1) is 19.3. The highest BCUT2D eigenvalue weighted by Gasteiger charge is 2.38. The lowest BCUT2D eigenvalue weighted by Crippen LogP contribution is -2.32. The molecular weight excluding hydrogens is 364 g/mol. The maximum absolute atomic E-state index is 12.7. The first-order valence-electron chi connectivity index (χ1n) is 8.62. The van der Waals surface area contributed by atoms with Gasteiger partial charge in [0, 0.05) is 25.3 Å². The number of nitrogens with one attached hydrogen (secondary N) is 1. The van der Waals surface area contributed by atoms with Crippen molar-refractivity contribution in [3.8, 4) is 11.8 Å². The second-order valence-electron chi connectivity index (χ2n) is 6.23. The molecule has 0 aliphatic carbocycles. The predicted octanol–water partition coefficient (Wildman–Crippen LogP) is 0.468. The van der Waals surface area contributed by atoms with Crippen molar-refractivity contribution in [2.24, 2.45) is 0 Å².